The van der Waals surface area contributed by atoms with E-state index in [4.69, 9.17) is 0 Å². The number of carbonyl (C=O) groups is 1. The molecular weight excluding hydrogens is 296 g/mol. The first-order valence-corrected chi connectivity index (χ1v) is 8.58. The fraction of sp³-hybridized carbons (Fsp3) is 0.471. The molecule has 1 aromatic carbocycles. The Balaban J connectivity index is 1.57. The van der Waals surface area contributed by atoms with E-state index in [-0.39, 0.29) is 18.4 Å². The molecule has 1 aliphatic rings. The molecule has 118 valence electrons. The van der Waals surface area contributed by atoms with E-state index < -0.39 is 6.10 Å². The van der Waals surface area contributed by atoms with Crippen molar-refractivity contribution in [1.82, 2.24) is 10.2 Å². The highest BCUT2D eigenvalue weighted by molar-refractivity contribution is 7.19. The Morgan fingerprint density at radius 2 is 2.32 bits per heavy atom. The predicted octanol–water partition coefficient (Wildman–Crippen LogP) is 2.39. The van der Waals surface area contributed by atoms with Crippen LogP contribution in [0, 0.1) is 5.92 Å². The minimum absolute atomic E-state index is 0.0494. The number of carbonyl (C=O) groups excluding carboxylic acids is 1. The number of aliphatic hydroxyl groups is 1. The van der Waals surface area contributed by atoms with Gasteiger partial charge in [0, 0.05) is 22.7 Å². The normalized spacial score (nSPS) is 20.9. The number of nitrogens with zero attached hydrogens (tertiary/aromatic N) is 1. The Bertz CT molecular complexity index is 622. The molecule has 4 nitrogen and oxygen atoms in total. The molecule has 2 N–H and O–H groups in total. The quantitative estimate of drug-likeness (QED) is 0.910. The zero-order chi connectivity index (χ0) is 15.5. The Morgan fingerprint density at radius 3 is 3.09 bits per heavy atom. The summed E-state index contributed by atoms with van der Waals surface area (Å²) in [4.78, 5) is 15.3. The van der Waals surface area contributed by atoms with Gasteiger partial charge in [0.25, 0.3) is 0 Å². The van der Waals surface area contributed by atoms with Crippen LogP contribution >= 0.6 is 11.3 Å². The van der Waals surface area contributed by atoms with Crippen molar-refractivity contribution in [2.75, 3.05) is 26.7 Å². The summed E-state index contributed by atoms with van der Waals surface area (Å²) in [5.74, 6) is 0.111. The standard InChI is InChI=1S/C17H22N2O2S/c1-19-8-4-6-13(11-19)17(21)18-10-14(20)16-9-12-5-2-3-7-15(12)22-16/h2-3,5,7,9,13-14,20H,4,6,8,10-11H2,1H3,(H,18,21). The molecule has 3 rings (SSSR count). The average Bonchev–Trinajstić information content (AvgIpc) is 2.96. The van der Waals surface area contributed by atoms with E-state index in [1.54, 1.807) is 11.3 Å². The monoisotopic (exact) mass is 318 g/mol. The molecule has 1 aromatic heterocycles. The summed E-state index contributed by atoms with van der Waals surface area (Å²) in [6, 6.07) is 10.1. The van der Waals surface area contributed by atoms with Gasteiger partial charge in [0.2, 0.25) is 5.91 Å². The lowest BCUT2D eigenvalue weighted by Crippen LogP contribution is -2.42. The highest BCUT2D eigenvalue weighted by Crippen LogP contribution is 2.29. The third-order valence-electron chi connectivity index (χ3n) is 4.24. The maximum atomic E-state index is 12.2. The number of hydrogen-bond acceptors (Lipinski definition) is 4. The van der Waals surface area contributed by atoms with Crippen molar-refractivity contribution in [3.63, 3.8) is 0 Å². The van der Waals surface area contributed by atoms with Gasteiger partial charge in [-0.3, -0.25) is 4.79 Å². The van der Waals surface area contributed by atoms with Gasteiger partial charge in [-0.25, -0.2) is 0 Å². The summed E-state index contributed by atoms with van der Waals surface area (Å²) in [6.45, 7) is 2.16. The van der Waals surface area contributed by atoms with E-state index in [9.17, 15) is 9.90 Å². The zero-order valence-corrected chi connectivity index (χ0v) is 13.6. The molecule has 5 heteroatoms. The smallest absolute Gasteiger partial charge is 0.224 e. The van der Waals surface area contributed by atoms with Crippen LogP contribution in [0.2, 0.25) is 0 Å². The van der Waals surface area contributed by atoms with Crippen molar-refractivity contribution in [3.05, 3.63) is 35.2 Å². The molecule has 2 aromatic rings. The van der Waals surface area contributed by atoms with Gasteiger partial charge in [-0.2, -0.15) is 0 Å². The van der Waals surface area contributed by atoms with Crippen LogP contribution in [-0.4, -0.2) is 42.6 Å². The van der Waals surface area contributed by atoms with Gasteiger partial charge in [-0.15, -0.1) is 11.3 Å². The number of piperidine rings is 1. The van der Waals surface area contributed by atoms with Crippen LogP contribution in [0.25, 0.3) is 10.1 Å². The van der Waals surface area contributed by atoms with Gasteiger partial charge in [0.1, 0.15) is 6.10 Å². The summed E-state index contributed by atoms with van der Waals surface area (Å²) < 4.78 is 1.16. The van der Waals surface area contributed by atoms with Crippen molar-refractivity contribution >= 4 is 27.3 Å². The molecule has 1 aliphatic heterocycles. The molecule has 0 radical (unpaired) electrons. The van der Waals surface area contributed by atoms with E-state index in [1.165, 1.54) is 0 Å². The first-order chi connectivity index (χ1) is 10.6. The Morgan fingerprint density at radius 1 is 1.50 bits per heavy atom. The number of benzene rings is 1. The second-order valence-corrected chi connectivity index (χ2v) is 7.16. The molecule has 1 saturated heterocycles. The number of hydrogen-bond donors (Lipinski definition) is 2. The molecule has 0 spiro atoms. The Hall–Kier alpha value is -1.43. The van der Waals surface area contributed by atoms with Gasteiger partial charge < -0.3 is 15.3 Å². The lowest BCUT2D eigenvalue weighted by molar-refractivity contribution is -0.127. The van der Waals surface area contributed by atoms with Gasteiger partial charge >= 0.3 is 0 Å². The summed E-state index contributed by atoms with van der Waals surface area (Å²) >= 11 is 1.58. The largest absolute Gasteiger partial charge is 0.386 e. The maximum Gasteiger partial charge on any atom is 0.224 e. The Kier molecular flexibility index (Phi) is 4.76. The van der Waals surface area contributed by atoms with Gasteiger partial charge in [0.05, 0.1) is 5.92 Å². The summed E-state index contributed by atoms with van der Waals surface area (Å²) in [6.07, 6.45) is 1.37. The fourth-order valence-electron chi connectivity index (χ4n) is 2.99. The van der Waals surface area contributed by atoms with Crippen molar-refractivity contribution < 1.29 is 9.90 Å². The third-order valence-corrected chi connectivity index (χ3v) is 5.46. The number of amides is 1. The van der Waals surface area contributed by atoms with Gasteiger partial charge in [-0.05, 0) is 44.0 Å². The number of likely N-dealkylation sites (tertiary alicyclic amines) is 1. The van der Waals surface area contributed by atoms with Crippen LogP contribution in [0.15, 0.2) is 30.3 Å². The highest BCUT2D eigenvalue weighted by atomic mass is 32.1. The second kappa shape index (κ2) is 6.77. The van der Waals surface area contributed by atoms with Crippen molar-refractivity contribution in [2.45, 2.75) is 18.9 Å². The molecule has 2 heterocycles. The molecule has 22 heavy (non-hydrogen) atoms. The van der Waals surface area contributed by atoms with E-state index >= 15 is 0 Å². The van der Waals surface area contributed by atoms with E-state index in [2.05, 4.69) is 10.2 Å². The van der Waals surface area contributed by atoms with Crippen LogP contribution in [0.3, 0.4) is 0 Å². The van der Waals surface area contributed by atoms with Crippen molar-refractivity contribution in [1.29, 1.82) is 0 Å². The number of rotatable bonds is 4. The minimum atomic E-state index is -0.636. The summed E-state index contributed by atoms with van der Waals surface area (Å²) in [5, 5.41) is 14.4. The van der Waals surface area contributed by atoms with E-state index in [1.807, 2.05) is 37.4 Å². The van der Waals surface area contributed by atoms with Crippen LogP contribution in [-0.2, 0) is 4.79 Å². The Labute approximate surface area is 134 Å². The summed E-state index contributed by atoms with van der Waals surface area (Å²) in [7, 11) is 2.05. The summed E-state index contributed by atoms with van der Waals surface area (Å²) in [5.41, 5.74) is 0. The number of fused-ring (bicyclic) bond motifs is 1. The number of nitrogens with one attached hydrogen (secondary N) is 1. The van der Waals surface area contributed by atoms with Gasteiger partial charge in [0.15, 0.2) is 0 Å². The van der Waals surface area contributed by atoms with Crippen LogP contribution < -0.4 is 5.32 Å². The lowest BCUT2D eigenvalue weighted by atomic mass is 9.97. The third kappa shape index (κ3) is 3.48. The average molecular weight is 318 g/mol. The fourth-order valence-corrected chi connectivity index (χ4v) is 4.04. The maximum absolute atomic E-state index is 12.2. The second-order valence-electron chi connectivity index (χ2n) is 6.05. The topological polar surface area (TPSA) is 52.6 Å². The molecule has 2 atom stereocenters. The zero-order valence-electron chi connectivity index (χ0n) is 12.8. The molecule has 0 saturated carbocycles. The first kappa shape index (κ1) is 15.5. The van der Waals surface area contributed by atoms with Crippen LogP contribution in [0.5, 0.6) is 0 Å². The van der Waals surface area contributed by atoms with Gasteiger partial charge in [-0.1, -0.05) is 18.2 Å². The molecular formula is C17H22N2O2S. The lowest BCUT2D eigenvalue weighted by Gasteiger charge is -2.28. The van der Waals surface area contributed by atoms with E-state index in [0.717, 1.165) is 40.9 Å². The highest BCUT2D eigenvalue weighted by Gasteiger charge is 2.24. The first-order valence-electron chi connectivity index (χ1n) is 7.76. The predicted molar refractivity (Wildman–Crippen MR) is 90.0 cm³/mol. The SMILES string of the molecule is CN1CCCC(C(=O)NCC(O)c2cc3ccccc3s2)C1. The molecule has 0 bridgehead atoms. The van der Waals surface area contributed by atoms with Crippen LogP contribution in [0.4, 0.5) is 0 Å². The minimum Gasteiger partial charge on any atom is -0.386 e. The number of aliphatic hydroxyl groups excluding tert-OH is 1. The van der Waals surface area contributed by atoms with Crippen molar-refractivity contribution in [2.24, 2.45) is 5.92 Å². The van der Waals surface area contributed by atoms with Crippen molar-refractivity contribution in [3.8, 4) is 0 Å². The van der Waals surface area contributed by atoms with Crippen LogP contribution in [0.1, 0.15) is 23.8 Å². The molecule has 1 amide bonds. The molecule has 0 aliphatic carbocycles. The number of thiophene rings is 1. The van der Waals surface area contributed by atoms with E-state index in [0.29, 0.717) is 0 Å². The molecule has 1 fully saturated rings. The molecule has 2 unspecified atom stereocenters.